The molecular weight excluding hydrogens is 339 g/mol. The number of carbonyl (C=O) groups is 1. The van der Waals surface area contributed by atoms with Gasteiger partial charge >= 0.3 is 7.12 Å². The Bertz CT molecular complexity index is 690. The molecule has 1 aromatic carbocycles. The predicted octanol–water partition coefficient (Wildman–Crippen LogP) is -0.716. The van der Waals surface area contributed by atoms with Gasteiger partial charge in [0, 0.05) is 6.42 Å². The van der Waals surface area contributed by atoms with Crippen LogP contribution in [0.2, 0.25) is 6.32 Å². The molecule has 3 heterocycles. The van der Waals surface area contributed by atoms with Crippen molar-refractivity contribution in [2.45, 2.75) is 31.6 Å². The van der Waals surface area contributed by atoms with Crippen LogP contribution in [-0.2, 0) is 11.2 Å². The zero-order chi connectivity index (χ0) is 18.3. The molecule has 2 saturated heterocycles. The molecule has 1 amide bonds. The number of nitrogens with one attached hydrogen (secondary N) is 1. The molecule has 3 aliphatic heterocycles. The van der Waals surface area contributed by atoms with Crippen molar-refractivity contribution >= 4 is 13.0 Å². The van der Waals surface area contributed by atoms with Gasteiger partial charge in [0.05, 0.1) is 18.7 Å². The number of aryl methyl sites for hydroxylation is 1. The van der Waals surface area contributed by atoms with Crippen LogP contribution >= 0.6 is 0 Å². The summed E-state index contributed by atoms with van der Waals surface area (Å²) < 4.78 is 11.3. The first-order valence-electron chi connectivity index (χ1n) is 9.03. The van der Waals surface area contributed by atoms with Crippen LogP contribution < -0.4 is 14.7 Å². The average Bonchev–Trinajstić information content (AvgIpc) is 2.52. The van der Waals surface area contributed by atoms with Crippen molar-refractivity contribution < 1.29 is 29.4 Å². The van der Waals surface area contributed by atoms with Gasteiger partial charge in [0.2, 0.25) is 5.91 Å². The molecule has 0 aliphatic carbocycles. The summed E-state index contributed by atoms with van der Waals surface area (Å²) in [6.07, 6.45) is -0.343. The fourth-order valence-electron chi connectivity index (χ4n) is 3.55. The van der Waals surface area contributed by atoms with Crippen LogP contribution in [0.1, 0.15) is 23.8 Å². The summed E-state index contributed by atoms with van der Waals surface area (Å²) in [5, 5.41) is 32.4. The molecule has 3 aliphatic rings. The van der Waals surface area contributed by atoms with Gasteiger partial charge in [-0.1, -0.05) is 6.07 Å². The first-order chi connectivity index (χ1) is 12.5. The van der Waals surface area contributed by atoms with Crippen molar-refractivity contribution in [3.8, 4) is 11.5 Å². The summed E-state index contributed by atoms with van der Waals surface area (Å²) in [7, 11) is -0.965. The molecule has 8 nitrogen and oxygen atoms in total. The van der Waals surface area contributed by atoms with E-state index in [0.717, 1.165) is 18.7 Å². The van der Waals surface area contributed by atoms with E-state index in [-0.39, 0.29) is 23.3 Å². The largest absolute Gasteiger partial charge is 0.535 e. The first kappa shape index (κ1) is 17.6. The molecule has 0 bridgehead atoms. The van der Waals surface area contributed by atoms with Gasteiger partial charge in [-0.15, -0.1) is 0 Å². The second-order valence-electron chi connectivity index (χ2n) is 7.22. The zero-order valence-corrected chi connectivity index (χ0v) is 14.4. The summed E-state index contributed by atoms with van der Waals surface area (Å²) in [5.41, 5.74) is 0.942. The third-order valence-corrected chi connectivity index (χ3v) is 5.23. The molecule has 9 heteroatoms. The van der Waals surface area contributed by atoms with Gasteiger partial charge in [-0.05, 0) is 43.4 Å². The van der Waals surface area contributed by atoms with E-state index in [0.29, 0.717) is 43.9 Å². The lowest BCUT2D eigenvalue weighted by Crippen LogP contribution is -2.57. The van der Waals surface area contributed by atoms with Crippen molar-refractivity contribution in [2.75, 3.05) is 26.2 Å². The van der Waals surface area contributed by atoms with Crippen molar-refractivity contribution in [3.05, 3.63) is 23.3 Å². The average molecular weight is 362 g/mol. The SMILES string of the molecule is O=C(CC1CNC1)N1CC(Oc2ccc3c(c2C(O)O)OB(O)CC3)C1. The van der Waals surface area contributed by atoms with E-state index in [9.17, 15) is 20.0 Å². The number of carbonyl (C=O) groups excluding carboxylic acids is 1. The number of likely N-dealkylation sites (tertiary alicyclic amines) is 1. The van der Waals surface area contributed by atoms with Crippen molar-refractivity contribution in [3.63, 3.8) is 0 Å². The maximum absolute atomic E-state index is 12.1. The second kappa shape index (κ2) is 7.07. The van der Waals surface area contributed by atoms with E-state index >= 15 is 0 Å². The van der Waals surface area contributed by atoms with Crippen LogP contribution in [0.3, 0.4) is 0 Å². The van der Waals surface area contributed by atoms with Gasteiger partial charge in [0.15, 0.2) is 6.29 Å². The molecular formula is C17H23BN2O6. The molecule has 140 valence electrons. The third-order valence-electron chi connectivity index (χ3n) is 5.23. The number of aliphatic hydroxyl groups is 2. The standard InChI is InChI=1S/C17H23BN2O6/c21-14(5-10-6-19-7-10)20-8-12(9-20)25-13-2-1-11-3-4-18(24)26-16(11)15(13)17(22)23/h1-2,10,12,17,19,22-24H,3-9H2. The predicted molar refractivity (Wildman–Crippen MR) is 92.7 cm³/mol. The highest BCUT2D eigenvalue weighted by Gasteiger charge is 2.36. The van der Waals surface area contributed by atoms with E-state index in [4.69, 9.17) is 9.39 Å². The molecule has 0 spiro atoms. The summed E-state index contributed by atoms with van der Waals surface area (Å²) in [6, 6.07) is 3.51. The van der Waals surface area contributed by atoms with Crippen LogP contribution in [-0.4, -0.2) is 65.4 Å². The Morgan fingerprint density at radius 1 is 1.38 bits per heavy atom. The Morgan fingerprint density at radius 3 is 2.81 bits per heavy atom. The topological polar surface area (TPSA) is 111 Å². The summed E-state index contributed by atoms with van der Waals surface area (Å²) in [6.45, 7) is 2.78. The Labute approximate surface area is 151 Å². The molecule has 4 N–H and O–H groups in total. The Kier molecular flexibility index (Phi) is 4.79. The zero-order valence-electron chi connectivity index (χ0n) is 14.4. The maximum Gasteiger partial charge on any atom is 0.522 e. The molecule has 4 rings (SSSR count). The van der Waals surface area contributed by atoms with Gasteiger partial charge in [0.1, 0.15) is 17.6 Å². The van der Waals surface area contributed by atoms with Gasteiger partial charge in [0.25, 0.3) is 0 Å². The molecule has 0 saturated carbocycles. The molecule has 2 fully saturated rings. The number of fused-ring (bicyclic) bond motifs is 1. The minimum atomic E-state index is -1.77. The number of hydrogen-bond acceptors (Lipinski definition) is 7. The molecule has 0 unspecified atom stereocenters. The van der Waals surface area contributed by atoms with E-state index < -0.39 is 13.4 Å². The summed E-state index contributed by atoms with van der Waals surface area (Å²) in [5.74, 6) is 1.16. The molecule has 1 aromatic rings. The lowest BCUT2D eigenvalue weighted by Gasteiger charge is -2.41. The number of hydrogen-bond donors (Lipinski definition) is 4. The van der Waals surface area contributed by atoms with Crippen LogP contribution in [0.25, 0.3) is 0 Å². The van der Waals surface area contributed by atoms with E-state index in [1.54, 1.807) is 11.0 Å². The van der Waals surface area contributed by atoms with Crippen LogP contribution in [0.15, 0.2) is 12.1 Å². The first-order valence-corrected chi connectivity index (χ1v) is 9.03. The quantitative estimate of drug-likeness (QED) is 0.404. The molecule has 26 heavy (non-hydrogen) atoms. The number of ether oxygens (including phenoxy) is 1. The summed E-state index contributed by atoms with van der Waals surface area (Å²) >= 11 is 0. The molecule has 0 atom stereocenters. The highest BCUT2D eigenvalue weighted by molar-refractivity contribution is 6.44. The lowest BCUT2D eigenvalue weighted by molar-refractivity contribution is -0.141. The molecule has 0 radical (unpaired) electrons. The van der Waals surface area contributed by atoms with E-state index in [1.807, 2.05) is 6.07 Å². The fraction of sp³-hybridized carbons (Fsp3) is 0.588. The number of aliphatic hydroxyl groups excluding tert-OH is 1. The summed E-state index contributed by atoms with van der Waals surface area (Å²) in [4.78, 5) is 13.9. The van der Waals surface area contributed by atoms with Crippen molar-refractivity contribution in [2.24, 2.45) is 5.92 Å². The van der Waals surface area contributed by atoms with Crippen molar-refractivity contribution in [1.29, 1.82) is 0 Å². The Morgan fingerprint density at radius 2 is 2.15 bits per heavy atom. The van der Waals surface area contributed by atoms with E-state index in [1.165, 1.54) is 0 Å². The van der Waals surface area contributed by atoms with Gasteiger partial charge in [-0.25, -0.2) is 0 Å². The van der Waals surface area contributed by atoms with Crippen LogP contribution in [0, 0.1) is 5.92 Å². The minimum absolute atomic E-state index is 0.131. The number of benzene rings is 1. The second-order valence-corrected chi connectivity index (χ2v) is 7.22. The number of amides is 1. The smallest absolute Gasteiger partial charge is 0.522 e. The fourth-order valence-corrected chi connectivity index (χ4v) is 3.55. The third kappa shape index (κ3) is 3.39. The van der Waals surface area contributed by atoms with E-state index in [2.05, 4.69) is 5.32 Å². The maximum atomic E-state index is 12.1. The molecule has 0 aromatic heterocycles. The number of rotatable bonds is 5. The highest BCUT2D eigenvalue weighted by Crippen LogP contribution is 2.40. The normalized spacial score (nSPS) is 20.3. The Hall–Kier alpha value is -1.81. The monoisotopic (exact) mass is 362 g/mol. The number of nitrogens with zero attached hydrogens (tertiary/aromatic N) is 1. The van der Waals surface area contributed by atoms with Crippen LogP contribution in [0.4, 0.5) is 0 Å². The lowest BCUT2D eigenvalue weighted by atomic mass is 9.78. The van der Waals surface area contributed by atoms with Gasteiger partial charge < -0.3 is 34.8 Å². The minimum Gasteiger partial charge on any atom is -0.535 e. The Balaban J connectivity index is 1.41. The van der Waals surface area contributed by atoms with Gasteiger partial charge in [-0.3, -0.25) is 4.79 Å². The highest BCUT2D eigenvalue weighted by atomic mass is 16.5. The van der Waals surface area contributed by atoms with Gasteiger partial charge in [-0.2, -0.15) is 0 Å². The van der Waals surface area contributed by atoms with Crippen molar-refractivity contribution in [1.82, 2.24) is 10.2 Å². The van der Waals surface area contributed by atoms with Crippen LogP contribution in [0.5, 0.6) is 11.5 Å².